The Balaban J connectivity index is 2.95. The Bertz CT molecular complexity index is 571. The van der Waals surface area contributed by atoms with E-state index in [2.05, 4.69) is 10.5 Å². The van der Waals surface area contributed by atoms with Crippen LogP contribution in [0.2, 0.25) is 0 Å². The van der Waals surface area contributed by atoms with Crippen LogP contribution in [0.4, 0.5) is 5.69 Å². The number of hydrogen-bond donors (Lipinski definition) is 4. The summed E-state index contributed by atoms with van der Waals surface area (Å²) in [6, 6.07) is 6.17. The maximum absolute atomic E-state index is 10.8. The Hall–Kier alpha value is -2.88. The molecule has 0 unspecified atom stereocenters. The molecule has 7 heteroatoms. The summed E-state index contributed by atoms with van der Waals surface area (Å²) in [7, 11) is 0. The van der Waals surface area contributed by atoms with Crippen LogP contribution in [0.1, 0.15) is 15.9 Å². The molecule has 5 N–H and O–H groups in total. The van der Waals surface area contributed by atoms with E-state index in [0.29, 0.717) is 11.3 Å². The molecular weight excluding hydrogens is 234 g/mol. The van der Waals surface area contributed by atoms with Crippen LogP contribution in [0.3, 0.4) is 0 Å². The van der Waals surface area contributed by atoms with Crippen molar-refractivity contribution in [1.29, 1.82) is 10.7 Å². The number of nitrogens with zero attached hydrogens (tertiary/aromatic N) is 2. The number of aryl methyl sites for hydroxylation is 1. The molecule has 0 amide bonds. The van der Waals surface area contributed by atoms with Gasteiger partial charge in [0.25, 0.3) is 0 Å². The molecule has 92 valence electrons. The van der Waals surface area contributed by atoms with Crippen LogP contribution >= 0.6 is 0 Å². The molecule has 0 aliphatic rings. The average molecular weight is 245 g/mol. The predicted octanol–water partition coefficient (Wildman–Crippen LogP) is 0.921. The summed E-state index contributed by atoms with van der Waals surface area (Å²) in [5.74, 6) is -1.45. The second kappa shape index (κ2) is 5.45. The van der Waals surface area contributed by atoms with Crippen molar-refractivity contribution in [3.05, 3.63) is 29.3 Å². The minimum absolute atomic E-state index is 0.191. The van der Waals surface area contributed by atoms with Crippen LogP contribution in [-0.4, -0.2) is 22.6 Å². The van der Waals surface area contributed by atoms with Gasteiger partial charge in [0, 0.05) is 0 Å². The standard InChI is InChI=1S/C11H11N5O2/c1-6-4-7(2-3-8(6)11(17)18)15-16-9(5-12)10(13)14/h2-4,15H,1H3,(H3,13,14)(H,17,18)/b16-9+. The Kier molecular flexibility index (Phi) is 3.99. The topological polar surface area (TPSA) is 135 Å². The molecule has 0 saturated carbocycles. The highest BCUT2D eigenvalue weighted by atomic mass is 16.4. The first-order valence-electron chi connectivity index (χ1n) is 4.88. The Morgan fingerprint density at radius 3 is 2.72 bits per heavy atom. The third-order valence-electron chi connectivity index (χ3n) is 2.11. The van der Waals surface area contributed by atoms with E-state index in [1.807, 2.05) is 0 Å². The zero-order valence-electron chi connectivity index (χ0n) is 9.56. The highest BCUT2D eigenvalue weighted by molar-refractivity contribution is 6.45. The quantitative estimate of drug-likeness (QED) is 0.355. The van der Waals surface area contributed by atoms with E-state index in [1.54, 1.807) is 19.1 Å². The van der Waals surface area contributed by atoms with Gasteiger partial charge in [0.15, 0.2) is 5.84 Å². The van der Waals surface area contributed by atoms with Gasteiger partial charge in [-0.15, -0.1) is 0 Å². The maximum atomic E-state index is 10.8. The van der Waals surface area contributed by atoms with E-state index in [0.717, 1.165) is 0 Å². The number of carboxylic acids is 1. The summed E-state index contributed by atoms with van der Waals surface area (Å²) >= 11 is 0. The van der Waals surface area contributed by atoms with Crippen molar-refractivity contribution >= 4 is 23.2 Å². The van der Waals surface area contributed by atoms with Gasteiger partial charge < -0.3 is 10.8 Å². The summed E-state index contributed by atoms with van der Waals surface area (Å²) in [6.45, 7) is 1.65. The van der Waals surface area contributed by atoms with Crippen molar-refractivity contribution in [3.63, 3.8) is 0 Å². The Labute approximate surface area is 103 Å². The van der Waals surface area contributed by atoms with Gasteiger partial charge in [0.1, 0.15) is 6.07 Å². The van der Waals surface area contributed by atoms with Gasteiger partial charge in [-0.3, -0.25) is 10.8 Å². The number of anilines is 1. The van der Waals surface area contributed by atoms with E-state index >= 15 is 0 Å². The zero-order valence-corrected chi connectivity index (χ0v) is 9.56. The number of nitrogens with two attached hydrogens (primary N) is 1. The van der Waals surface area contributed by atoms with Crippen LogP contribution in [-0.2, 0) is 0 Å². The fourth-order valence-corrected chi connectivity index (χ4v) is 1.24. The van der Waals surface area contributed by atoms with Crippen molar-refractivity contribution < 1.29 is 9.90 Å². The lowest BCUT2D eigenvalue weighted by molar-refractivity contribution is 0.0696. The smallest absolute Gasteiger partial charge is 0.335 e. The van der Waals surface area contributed by atoms with Gasteiger partial charge >= 0.3 is 5.97 Å². The monoisotopic (exact) mass is 245 g/mol. The number of aromatic carboxylic acids is 1. The van der Waals surface area contributed by atoms with Gasteiger partial charge in [-0.05, 0) is 30.7 Å². The molecular formula is C11H11N5O2. The first kappa shape index (κ1) is 13.2. The van der Waals surface area contributed by atoms with E-state index < -0.39 is 11.8 Å². The summed E-state index contributed by atoms with van der Waals surface area (Å²) in [4.78, 5) is 10.8. The molecule has 0 atom stereocenters. The summed E-state index contributed by atoms with van der Waals surface area (Å²) in [6.07, 6.45) is 0. The van der Waals surface area contributed by atoms with E-state index in [4.69, 9.17) is 21.5 Å². The van der Waals surface area contributed by atoms with Crippen molar-refractivity contribution in [2.45, 2.75) is 6.92 Å². The second-order valence-electron chi connectivity index (χ2n) is 3.43. The molecule has 7 nitrogen and oxygen atoms in total. The Morgan fingerprint density at radius 2 is 2.28 bits per heavy atom. The molecule has 0 spiro atoms. The molecule has 0 fully saturated rings. The lowest BCUT2D eigenvalue weighted by Gasteiger charge is -2.05. The van der Waals surface area contributed by atoms with Gasteiger partial charge in [-0.2, -0.15) is 10.4 Å². The van der Waals surface area contributed by atoms with Crippen LogP contribution in [0, 0.1) is 23.7 Å². The van der Waals surface area contributed by atoms with E-state index in [1.165, 1.54) is 12.1 Å². The van der Waals surface area contributed by atoms with E-state index in [9.17, 15) is 4.79 Å². The maximum Gasteiger partial charge on any atom is 0.335 e. The highest BCUT2D eigenvalue weighted by Gasteiger charge is 2.07. The number of carboxylic acid groups (broad SMARTS) is 1. The van der Waals surface area contributed by atoms with Crippen molar-refractivity contribution in [2.75, 3.05) is 5.43 Å². The molecule has 1 aromatic rings. The largest absolute Gasteiger partial charge is 0.478 e. The molecule has 1 aromatic carbocycles. The first-order chi connectivity index (χ1) is 8.45. The number of hydrazone groups is 1. The number of nitrogens with one attached hydrogen (secondary N) is 2. The fourth-order valence-electron chi connectivity index (χ4n) is 1.24. The van der Waals surface area contributed by atoms with Gasteiger partial charge in [-0.1, -0.05) is 0 Å². The lowest BCUT2D eigenvalue weighted by Crippen LogP contribution is -2.21. The number of hydrogen-bond acceptors (Lipinski definition) is 5. The van der Waals surface area contributed by atoms with Crippen LogP contribution < -0.4 is 11.2 Å². The molecule has 18 heavy (non-hydrogen) atoms. The SMILES string of the molecule is Cc1cc(N/N=C(\C#N)C(=N)N)ccc1C(=O)O. The highest BCUT2D eigenvalue weighted by Crippen LogP contribution is 2.15. The molecule has 0 aliphatic heterocycles. The van der Waals surface area contributed by atoms with Crippen molar-refractivity contribution in [1.82, 2.24) is 0 Å². The number of rotatable bonds is 4. The number of nitriles is 1. The van der Waals surface area contributed by atoms with Crippen LogP contribution in [0.25, 0.3) is 0 Å². The number of amidine groups is 1. The zero-order chi connectivity index (χ0) is 13.7. The van der Waals surface area contributed by atoms with Crippen LogP contribution in [0.5, 0.6) is 0 Å². The lowest BCUT2D eigenvalue weighted by atomic mass is 10.1. The van der Waals surface area contributed by atoms with Crippen molar-refractivity contribution in [3.8, 4) is 6.07 Å². The van der Waals surface area contributed by atoms with Gasteiger partial charge in [-0.25, -0.2) is 4.79 Å². The third-order valence-corrected chi connectivity index (χ3v) is 2.11. The van der Waals surface area contributed by atoms with Crippen LogP contribution in [0.15, 0.2) is 23.3 Å². The number of benzene rings is 1. The first-order valence-corrected chi connectivity index (χ1v) is 4.88. The molecule has 0 radical (unpaired) electrons. The summed E-state index contributed by atoms with van der Waals surface area (Å²) < 4.78 is 0. The summed E-state index contributed by atoms with van der Waals surface area (Å²) in [5, 5.41) is 28.2. The predicted molar refractivity (Wildman–Crippen MR) is 66.7 cm³/mol. The molecule has 0 aromatic heterocycles. The average Bonchev–Trinajstić information content (AvgIpc) is 2.28. The van der Waals surface area contributed by atoms with Gasteiger partial charge in [0.05, 0.1) is 11.3 Å². The summed E-state index contributed by atoms with van der Waals surface area (Å²) in [5.41, 5.74) is 8.67. The normalized spacial score (nSPS) is 10.6. The molecule has 0 bridgehead atoms. The van der Waals surface area contributed by atoms with Crippen molar-refractivity contribution in [2.24, 2.45) is 10.8 Å². The minimum Gasteiger partial charge on any atom is -0.478 e. The number of carbonyl (C=O) groups is 1. The van der Waals surface area contributed by atoms with E-state index in [-0.39, 0.29) is 11.3 Å². The second-order valence-corrected chi connectivity index (χ2v) is 3.43. The molecule has 1 rings (SSSR count). The fraction of sp³-hybridized carbons (Fsp3) is 0.0909. The Morgan fingerprint density at radius 1 is 1.61 bits per heavy atom. The minimum atomic E-state index is -1.01. The molecule has 0 aliphatic carbocycles. The molecule has 0 heterocycles. The van der Waals surface area contributed by atoms with Gasteiger partial charge in [0.2, 0.25) is 5.71 Å². The third kappa shape index (κ3) is 3.05. The molecule has 0 saturated heterocycles.